The number of hydrogen-bond donors (Lipinski definition) is 1. The third kappa shape index (κ3) is 5.52. The average molecular weight is 458 g/mol. The molecular formula is C24H18N4O4S. The van der Waals surface area contributed by atoms with Gasteiger partial charge in [0.25, 0.3) is 11.6 Å². The molecule has 0 bridgehead atoms. The lowest BCUT2D eigenvalue weighted by Gasteiger charge is -2.16. The van der Waals surface area contributed by atoms with Crippen LogP contribution in [-0.2, 0) is 16.0 Å². The Morgan fingerprint density at radius 3 is 2.27 bits per heavy atom. The molecule has 33 heavy (non-hydrogen) atoms. The van der Waals surface area contributed by atoms with Crippen molar-refractivity contribution < 1.29 is 14.5 Å². The van der Waals surface area contributed by atoms with Crippen molar-refractivity contribution in [1.82, 2.24) is 10.4 Å². The molecule has 0 aliphatic carbocycles. The van der Waals surface area contributed by atoms with Gasteiger partial charge in [-0.15, -0.1) is 0 Å². The van der Waals surface area contributed by atoms with Gasteiger partial charge in [-0.25, -0.2) is 4.99 Å². The van der Waals surface area contributed by atoms with Crippen LogP contribution >= 0.6 is 11.8 Å². The van der Waals surface area contributed by atoms with Gasteiger partial charge < -0.3 is 0 Å². The zero-order valence-corrected chi connectivity index (χ0v) is 18.1. The van der Waals surface area contributed by atoms with Gasteiger partial charge in [0.1, 0.15) is 0 Å². The van der Waals surface area contributed by atoms with E-state index in [0.29, 0.717) is 21.3 Å². The minimum Gasteiger partial charge on any atom is -0.273 e. The number of nitrogens with zero attached hydrogens (tertiary/aromatic N) is 3. The molecule has 0 radical (unpaired) electrons. The van der Waals surface area contributed by atoms with Gasteiger partial charge in [-0.2, -0.15) is 5.01 Å². The number of nitro groups is 1. The van der Waals surface area contributed by atoms with E-state index < -0.39 is 10.8 Å². The highest BCUT2D eigenvalue weighted by atomic mass is 32.2. The summed E-state index contributed by atoms with van der Waals surface area (Å²) in [7, 11) is 0. The molecule has 1 heterocycles. The first kappa shape index (κ1) is 22.0. The van der Waals surface area contributed by atoms with Crippen LogP contribution in [0.3, 0.4) is 0 Å². The molecular weight excluding hydrogens is 440 g/mol. The van der Waals surface area contributed by atoms with Crippen LogP contribution in [0.25, 0.3) is 6.08 Å². The normalized spacial score (nSPS) is 15.8. The number of carbonyl (C=O) groups is 2. The van der Waals surface area contributed by atoms with Gasteiger partial charge >= 0.3 is 0 Å². The number of aliphatic imine (C=N–C) groups is 1. The fraction of sp³-hybridized carbons (Fsp3) is 0.0417. The summed E-state index contributed by atoms with van der Waals surface area (Å²) in [5.74, 6) is -0.790. The second-order valence-electron chi connectivity index (χ2n) is 7.03. The first-order valence-electron chi connectivity index (χ1n) is 9.95. The number of rotatable bonds is 6. The highest BCUT2D eigenvalue weighted by Crippen LogP contribution is 2.33. The number of nitrogens with one attached hydrogen (secondary N) is 1. The predicted octanol–water partition coefficient (Wildman–Crippen LogP) is 4.47. The lowest BCUT2D eigenvalue weighted by atomic mass is 10.1. The van der Waals surface area contributed by atoms with Crippen LogP contribution in [0.2, 0.25) is 0 Å². The molecule has 3 aromatic carbocycles. The summed E-state index contributed by atoms with van der Waals surface area (Å²) in [6.45, 7) is 0. The van der Waals surface area contributed by atoms with E-state index in [1.54, 1.807) is 30.3 Å². The van der Waals surface area contributed by atoms with E-state index in [1.807, 2.05) is 48.5 Å². The Hall–Kier alpha value is -4.24. The van der Waals surface area contributed by atoms with Crippen LogP contribution in [0.15, 0.2) is 94.8 Å². The molecule has 1 saturated heterocycles. The first-order valence-corrected chi connectivity index (χ1v) is 10.8. The van der Waals surface area contributed by atoms with Crippen molar-refractivity contribution in [2.45, 2.75) is 6.42 Å². The molecule has 0 unspecified atom stereocenters. The summed E-state index contributed by atoms with van der Waals surface area (Å²) >= 11 is 1.11. The number of amides is 2. The summed E-state index contributed by atoms with van der Waals surface area (Å²) in [6, 6.07) is 24.2. The summed E-state index contributed by atoms with van der Waals surface area (Å²) < 4.78 is 0. The number of non-ortho nitro benzene ring substituents is 1. The smallest absolute Gasteiger partial charge is 0.273 e. The molecule has 4 rings (SSSR count). The number of hydrazine groups is 1. The molecule has 1 aliphatic heterocycles. The van der Waals surface area contributed by atoms with Gasteiger partial charge in [0.05, 0.1) is 21.9 Å². The molecule has 1 aliphatic rings. The van der Waals surface area contributed by atoms with Crippen molar-refractivity contribution in [1.29, 1.82) is 0 Å². The van der Waals surface area contributed by atoms with E-state index in [9.17, 15) is 19.7 Å². The zero-order chi connectivity index (χ0) is 23.2. The van der Waals surface area contributed by atoms with Gasteiger partial charge in [0.15, 0.2) is 5.17 Å². The van der Waals surface area contributed by atoms with Crippen LogP contribution in [0.5, 0.6) is 0 Å². The van der Waals surface area contributed by atoms with E-state index in [2.05, 4.69) is 10.4 Å². The van der Waals surface area contributed by atoms with E-state index in [-0.39, 0.29) is 18.0 Å². The Kier molecular flexibility index (Phi) is 6.61. The van der Waals surface area contributed by atoms with E-state index in [4.69, 9.17) is 0 Å². The highest BCUT2D eigenvalue weighted by molar-refractivity contribution is 8.18. The number of hydrogen-bond acceptors (Lipinski definition) is 6. The third-order valence-electron chi connectivity index (χ3n) is 4.63. The molecule has 0 saturated carbocycles. The average Bonchev–Trinajstić information content (AvgIpc) is 3.09. The molecule has 1 N–H and O–H groups in total. The van der Waals surface area contributed by atoms with Gasteiger partial charge in [-0.05, 0) is 53.2 Å². The Bertz CT molecular complexity index is 1240. The molecule has 3 aromatic rings. The second kappa shape index (κ2) is 9.92. The van der Waals surface area contributed by atoms with Crippen molar-refractivity contribution in [3.63, 3.8) is 0 Å². The van der Waals surface area contributed by atoms with E-state index >= 15 is 0 Å². The molecule has 0 aromatic heterocycles. The predicted molar refractivity (Wildman–Crippen MR) is 127 cm³/mol. The molecule has 1 fully saturated rings. The standard InChI is InChI=1S/C24H18N4O4S/c29-22(16-17-7-3-1-4-8-17)26-27-23(30)21(15-18-11-13-20(14-12-18)28(31)32)33-24(27)25-19-9-5-2-6-10-19/h1-15H,16H2,(H,26,29)/b21-15-,25-24?. The Balaban J connectivity index is 1.60. The maximum absolute atomic E-state index is 13.1. The minimum atomic E-state index is -0.485. The number of benzene rings is 3. The monoisotopic (exact) mass is 458 g/mol. The lowest BCUT2D eigenvalue weighted by Crippen LogP contribution is -2.46. The van der Waals surface area contributed by atoms with Crippen molar-refractivity contribution in [2.24, 2.45) is 4.99 Å². The van der Waals surface area contributed by atoms with Crippen molar-refractivity contribution in [3.05, 3.63) is 111 Å². The van der Waals surface area contributed by atoms with E-state index in [1.165, 1.54) is 12.1 Å². The van der Waals surface area contributed by atoms with Crippen LogP contribution in [0.4, 0.5) is 11.4 Å². The van der Waals surface area contributed by atoms with Crippen molar-refractivity contribution in [3.8, 4) is 0 Å². The lowest BCUT2D eigenvalue weighted by molar-refractivity contribution is -0.384. The molecule has 2 amide bonds. The summed E-state index contributed by atoms with van der Waals surface area (Å²) in [5, 5.41) is 12.3. The second-order valence-corrected chi connectivity index (χ2v) is 8.04. The van der Waals surface area contributed by atoms with Crippen molar-refractivity contribution >= 4 is 46.2 Å². The first-order chi connectivity index (χ1) is 16.0. The Labute approximate surface area is 193 Å². The van der Waals surface area contributed by atoms with Crippen molar-refractivity contribution in [2.75, 3.05) is 0 Å². The Morgan fingerprint density at radius 1 is 1.00 bits per heavy atom. The fourth-order valence-corrected chi connectivity index (χ4v) is 3.99. The number of carbonyl (C=O) groups excluding carboxylic acids is 2. The number of nitro benzene ring substituents is 1. The van der Waals surface area contributed by atoms with Gasteiger partial charge in [0.2, 0.25) is 5.91 Å². The highest BCUT2D eigenvalue weighted by Gasteiger charge is 2.35. The van der Waals surface area contributed by atoms with Crippen LogP contribution < -0.4 is 5.43 Å². The largest absolute Gasteiger partial charge is 0.285 e. The van der Waals surface area contributed by atoms with Crippen LogP contribution in [0, 0.1) is 10.1 Å². The number of thioether (sulfide) groups is 1. The molecule has 164 valence electrons. The quantitative estimate of drug-likeness (QED) is 0.333. The summed E-state index contributed by atoms with van der Waals surface area (Å²) in [4.78, 5) is 41.0. The maximum Gasteiger partial charge on any atom is 0.285 e. The topological polar surface area (TPSA) is 105 Å². The zero-order valence-electron chi connectivity index (χ0n) is 17.3. The fourth-order valence-electron chi connectivity index (χ4n) is 3.05. The summed E-state index contributed by atoms with van der Waals surface area (Å²) in [5.41, 5.74) is 4.68. The number of amidine groups is 1. The molecule has 9 heteroatoms. The summed E-state index contributed by atoms with van der Waals surface area (Å²) in [6.07, 6.45) is 1.72. The minimum absolute atomic E-state index is 0.0383. The SMILES string of the molecule is O=C(Cc1ccccc1)NN1C(=O)/C(=C/c2ccc([N+](=O)[O-])cc2)SC1=Nc1ccccc1. The molecule has 0 atom stereocenters. The van der Waals surface area contributed by atoms with Gasteiger partial charge in [-0.3, -0.25) is 25.1 Å². The van der Waals surface area contributed by atoms with Gasteiger partial charge in [0, 0.05) is 12.1 Å². The van der Waals surface area contributed by atoms with Crippen LogP contribution in [-0.4, -0.2) is 26.9 Å². The van der Waals surface area contributed by atoms with Crippen LogP contribution in [0.1, 0.15) is 11.1 Å². The van der Waals surface area contributed by atoms with E-state index in [0.717, 1.165) is 22.3 Å². The third-order valence-corrected chi connectivity index (χ3v) is 5.60. The van der Waals surface area contributed by atoms with Gasteiger partial charge in [-0.1, -0.05) is 48.5 Å². The molecule has 0 spiro atoms. The number of para-hydroxylation sites is 1. The molecule has 8 nitrogen and oxygen atoms in total. The maximum atomic E-state index is 13.1. The Morgan fingerprint density at radius 2 is 1.64 bits per heavy atom.